The Bertz CT molecular complexity index is 1220. The average Bonchev–Trinajstić information content (AvgIpc) is 2.76. The van der Waals surface area contributed by atoms with Gasteiger partial charge in [-0.05, 0) is 42.5 Å². The number of hydrogen-bond donors (Lipinski definition) is 3. The fourth-order valence-electron chi connectivity index (χ4n) is 3.00. The van der Waals surface area contributed by atoms with E-state index in [4.69, 9.17) is 27.9 Å². The number of ether oxygens (including phenoxy) is 1. The zero-order chi connectivity index (χ0) is 22.3. The zero-order valence-electron chi connectivity index (χ0n) is 16.8. The second kappa shape index (κ2) is 10.2. The zero-order valence-corrected chi connectivity index (χ0v) is 18.3. The molecule has 0 spiro atoms. The SMILES string of the molecule is O=C(NCCNc1nc(Nc2cc(Cl)cc(Cl)c2)nc2ccccc12)Oc1ccccc1. The molecule has 0 radical (unpaired) electrons. The smallest absolute Gasteiger partial charge is 0.410 e. The number of nitrogens with zero attached hydrogens (tertiary/aromatic N) is 2. The van der Waals surface area contributed by atoms with Crippen molar-refractivity contribution in [3.63, 3.8) is 0 Å². The molecule has 0 bridgehead atoms. The second-order valence-corrected chi connectivity index (χ2v) is 7.63. The Morgan fingerprint density at radius 3 is 2.38 bits per heavy atom. The number of halogens is 2. The van der Waals surface area contributed by atoms with Crippen LogP contribution in [0.15, 0.2) is 72.8 Å². The summed E-state index contributed by atoms with van der Waals surface area (Å²) in [5.41, 5.74) is 1.44. The van der Waals surface area contributed by atoms with Gasteiger partial charge in [0, 0.05) is 34.2 Å². The molecule has 0 aliphatic heterocycles. The highest BCUT2D eigenvalue weighted by Gasteiger charge is 2.09. The molecule has 0 unspecified atom stereocenters. The molecule has 1 aromatic heterocycles. The first-order valence-corrected chi connectivity index (χ1v) is 10.6. The van der Waals surface area contributed by atoms with Gasteiger partial charge in [0.25, 0.3) is 0 Å². The van der Waals surface area contributed by atoms with E-state index in [2.05, 4.69) is 25.9 Å². The molecular formula is C23H19Cl2N5O2. The Balaban J connectivity index is 1.42. The van der Waals surface area contributed by atoms with Crippen molar-refractivity contribution in [3.05, 3.63) is 82.8 Å². The Kier molecular flexibility index (Phi) is 6.89. The molecule has 4 aromatic rings. The lowest BCUT2D eigenvalue weighted by Crippen LogP contribution is -2.31. The molecule has 0 aliphatic rings. The normalized spacial score (nSPS) is 10.6. The van der Waals surface area contributed by atoms with Crippen LogP contribution in [0.4, 0.5) is 22.2 Å². The second-order valence-electron chi connectivity index (χ2n) is 6.75. The molecule has 1 amide bonds. The average molecular weight is 468 g/mol. The quantitative estimate of drug-likeness (QED) is 0.294. The summed E-state index contributed by atoms with van der Waals surface area (Å²) >= 11 is 12.2. The monoisotopic (exact) mass is 467 g/mol. The third-order valence-corrected chi connectivity index (χ3v) is 4.80. The molecular weight excluding hydrogens is 449 g/mol. The number of amides is 1. The fraction of sp³-hybridized carbons (Fsp3) is 0.0870. The summed E-state index contributed by atoms with van der Waals surface area (Å²) in [6.07, 6.45) is -0.522. The van der Waals surface area contributed by atoms with Gasteiger partial charge < -0.3 is 20.7 Å². The minimum absolute atomic E-state index is 0.344. The standard InChI is InChI=1S/C23H19Cl2N5O2/c24-15-12-16(25)14-17(13-15)28-22-29-20-9-5-4-8-19(20)21(30-22)26-10-11-27-23(31)32-18-6-2-1-3-7-18/h1-9,12-14H,10-11H2,(H,27,31)(H2,26,28,29,30). The number of para-hydroxylation sites is 2. The van der Waals surface area contributed by atoms with Crippen molar-refractivity contribution < 1.29 is 9.53 Å². The van der Waals surface area contributed by atoms with Gasteiger partial charge in [0.2, 0.25) is 5.95 Å². The minimum Gasteiger partial charge on any atom is -0.410 e. The van der Waals surface area contributed by atoms with Crippen molar-refractivity contribution in [1.29, 1.82) is 0 Å². The van der Waals surface area contributed by atoms with Crippen LogP contribution in [0.1, 0.15) is 0 Å². The first-order chi connectivity index (χ1) is 15.6. The molecule has 3 N–H and O–H groups in total. The Labute approximate surface area is 194 Å². The molecule has 32 heavy (non-hydrogen) atoms. The fourth-order valence-corrected chi connectivity index (χ4v) is 3.53. The van der Waals surface area contributed by atoms with E-state index in [9.17, 15) is 4.79 Å². The van der Waals surface area contributed by atoms with E-state index in [0.29, 0.717) is 46.3 Å². The van der Waals surface area contributed by atoms with Crippen molar-refractivity contribution in [3.8, 4) is 5.75 Å². The van der Waals surface area contributed by atoms with E-state index < -0.39 is 6.09 Å². The first kappa shape index (κ1) is 21.7. The van der Waals surface area contributed by atoms with Gasteiger partial charge in [-0.1, -0.05) is 53.5 Å². The molecule has 7 nitrogen and oxygen atoms in total. The minimum atomic E-state index is -0.522. The predicted octanol–water partition coefficient (Wildman–Crippen LogP) is 5.88. The van der Waals surface area contributed by atoms with Crippen LogP contribution in [-0.2, 0) is 0 Å². The Morgan fingerprint density at radius 2 is 1.59 bits per heavy atom. The van der Waals surface area contributed by atoms with Gasteiger partial charge in [-0.25, -0.2) is 9.78 Å². The number of carbonyl (C=O) groups is 1. The predicted molar refractivity (Wildman–Crippen MR) is 128 cm³/mol. The maximum Gasteiger partial charge on any atom is 0.412 e. The van der Waals surface area contributed by atoms with Gasteiger partial charge >= 0.3 is 6.09 Å². The largest absolute Gasteiger partial charge is 0.412 e. The van der Waals surface area contributed by atoms with Crippen molar-refractivity contribution in [2.45, 2.75) is 0 Å². The lowest BCUT2D eigenvalue weighted by Gasteiger charge is -2.13. The summed E-state index contributed by atoms with van der Waals surface area (Å²) in [6.45, 7) is 0.782. The summed E-state index contributed by atoms with van der Waals surface area (Å²) < 4.78 is 5.21. The Hall–Kier alpha value is -3.55. The van der Waals surface area contributed by atoms with Crippen LogP contribution in [0.25, 0.3) is 10.9 Å². The van der Waals surface area contributed by atoms with E-state index >= 15 is 0 Å². The van der Waals surface area contributed by atoms with Crippen LogP contribution in [0.2, 0.25) is 10.0 Å². The molecule has 0 aliphatic carbocycles. The highest BCUT2D eigenvalue weighted by molar-refractivity contribution is 6.35. The Morgan fingerprint density at radius 1 is 0.875 bits per heavy atom. The number of anilines is 3. The van der Waals surface area contributed by atoms with E-state index in [-0.39, 0.29) is 0 Å². The van der Waals surface area contributed by atoms with Crippen LogP contribution in [0, 0.1) is 0 Å². The molecule has 0 atom stereocenters. The number of hydrogen-bond acceptors (Lipinski definition) is 6. The molecule has 0 saturated carbocycles. The third kappa shape index (κ3) is 5.78. The summed E-state index contributed by atoms with van der Waals surface area (Å²) in [5, 5.41) is 10.9. The van der Waals surface area contributed by atoms with Gasteiger partial charge in [-0.3, -0.25) is 0 Å². The highest BCUT2D eigenvalue weighted by Crippen LogP contribution is 2.27. The number of rotatable bonds is 7. The maximum atomic E-state index is 11.9. The summed E-state index contributed by atoms with van der Waals surface area (Å²) in [5.74, 6) is 1.50. The van der Waals surface area contributed by atoms with Gasteiger partial charge in [0.05, 0.1) is 5.52 Å². The van der Waals surface area contributed by atoms with Gasteiger partial charge in [0.1, 0.15) is 11.6 Å². The van der Waals surface area contributed by atoms with Crippen LogP contribution in [0.5, 0.6) is 5.75 Å². The summed E-state index contributed by atoms with van der Waals surface area (Å²) in [7, 11) is 0. The number of nitrogens with one attached hydrogen (secondary N) is 3. The summed E-state index contributed by atoms with van der Waals surface area (Å²) in [4.78, 5) is 21.1. The molecule has 1 heterocycles. The molecule has 0 fully saturated rings. The van der Waals surface area contributed by atoms with E-state index in [0.717, 1.165) is 10.9 Å². The maximum absolute atomic E-state index is 11.9. The molecule has 9 heteroatoms. The number of carbonyl (C=O) groups excluding carboxylic acids is 1. The third-order valence-electron chi connectivity index (χ3n) is 4.36. The van der Waals surface area contributed by atoms with E-state index in [1.54, 1.807) is 42.5 Å². The van der Waals surface area contributed by atoms with Crippen LogP contribution in [-0.4, -0.2) is 29.2 Å². The van der Waals surface area contributed by atoms with Gasteiger partial charge in [0.15, 0.2) is 0 Å². The number of benzene rings is 3. The van der Waals surface area contributed by atoms with Crippen LogP contribution < -0.4 is 20.7 Å². The first-order valence-electron chi connectivity index (χ1n) is 9.81. The highest BCUT2D eigenvalue weighted by atomic mass is 35.5. The summed E-state index contributed by atoms with van der Waals surface area (Å²) in [6, 6.07) is 21.6. The van der Waals surface area contributed by atoms with Crippen molar-refractivity contribution >= 4 is 57.7 Å². The van der Waals surface area contributed by atoms with Crippen LogP contribution >= 0.6 is 23.2 Å². The number of fused-ring (bicyclic) bond motifs is 1. The lowest BCUT2D eigenvalue weighted by atomic mass is 10.2. The topological polar surface area (TPSA) is 88.2 Å². The van der Waals surface area contributed by atoms with E-state index in [1.807, 2.05) is 30.3 Å². The molecule has 3 aromatic carbocycles. The van der Waals surface area contributed by atoms with Crippen molar-refractivity contribution in [1.82, 2.24) is 15.3 Å². The number of aromatic nitrogens is 2. The van der Waals surface area contributed by atoms with Crippen molar-refractivity contribution in [2.75, 3.05) is 23.7 Å². The van der Waals surface area contributed by atoms with Crippen molar-refractivity contribution in [2.24, 2.45) is 0 Å². The molecule has 0 saturated heterocycles. The molecule has 162 valence electrons. The van der Waals surface area contributed by atoms with Gasteiger partial charge in [-0.15, -0.1) is 0 Å². The van der Waals surface area contributed by atoms with Crippen LogP contribution in [0.3, 0.4) is 0 Å². The lowest BCUT2D eigenvalue weighted by molar-refractivity contribution is 0.201. The van der Waals surface area contributed by atoms with Gasteiger partial charge in [-0.2, -0.15) is 4.98 Å². The molecule has 4 rings (SSSR count). The van der Waals surface area contributed by atoms with E-state index in [1.165, 1.54) is 0 Å².